The van der Waals surface area contributed by atoms with Gasteiger partial charge in [-0.05, 0) is 94.3 Å². The molecule has 0 fully saturated rings. The van der Waals surface area contributed by atoms with Crippen LogP contribution in [0.2, 0.25) is 0 Å². The van der Waals surface area contributed by atoms with Crippen LogP contribution in [0, 0.1) is 31.1 Å². The zero-order chi connectivity index (χ0) is 31.6. The van der Waals surface area contributed by atoms with E-state index in [2.05, 4.69) is 22.5 Å². The van der Waals surface area contributed by atoms with E-state index < -0.39 is 11.7 Å². The summed E-state index contributed by atoms with van der Waals surface area (Å²) < 4.78 is 9.99. The molecule has 43 heavy (non-hydrogen) atoms. The third kappa shape index (κ3) is 9.75. The second-order valence-corrected chi connectivity index (χ2v) is 10.8. The number of hydrogen-bond donors (Lipinski definition) is 3. The number of methoxy groups -OCH3 is 1. The number of nitrogens with one attached hydrogen (secondary N) is 3. The molecule has 0 saturated heterocycles. The van der Waals surface area contributed by atoms with Crippen molar-refractivity contribution >= 4 is 35.2 Å². The predicted molar refractivity (Wildman–Crippen MR) is 169 cm³/mol. The van der Waals surface area contributed by atoms with Gasteiger partial charge in [0.2, 0.25) is 0 Å². The molecule has 0 spiro atoms. The first kappa shape index (κ1) is 32.4. The van der Waals surface area contributed by atoms with Gasteiger partial charge >= 0.3 is 12.1 Å². The highest BCUT2D eigenvalue weighted by Crippen LogP contribution is 2.26. The van der Waals surface area contributed by atoms with Gasteiger partial charge in [-0.15, -0.1) is 0 Å². The number of benzene rings is 3. The quantitative estimate of drug-likeness (QED) is 0.133. The molecule has 0 aliphatic rings. The zero-order valence-electron chi connectivity index (χ0n) is 25.5. The highest BCUT2D eigenvalue weighted by Gasteiger charge is 2.21. The number of amides is 2. The Labute approximate surface area is 253 Å². The van der Waals surface area contributed by atoms with Crippen molar-refractivity contribution in [3.63, 3.8) is 0 Å². The second-order valence-electron chi connectivity index (χ2n) is 10.8. The SMILES string of the molecule is COC(=O)CCN(C(=O)c1ccccc1)c1cc(C)c(C#CCNc2ccc(C(=N)NC(=O)OC(C)(C)C)cc2)cc1C. The topological polar surface area (TPSA) is 121 Å². The van der Waals surface area contributed by atoms with Crippen LogP contribution in [-0.2, 0) is 14.3 Å². The van der Waals surface area contributed by atoms with Crippen LogP contribution >= 0.6 is 0 Å². The van der Waals surface area contributed by atoms with Gasteiger partial charge in [0.25, 0.3) is 5.91 Å². The Morgan fingerprint density at radius 1 is 0.930 bits per heavy atom. The third-order valence-electron chi connectivity index (χ3n) is 6.27. The standard InChI is InChI=1S/C34H38N4O5/c1-23-22-29(38(20-18-30(39)42-6)32(40)26-11-8-7-9-12-26)24(2)21-27(23)13-10-19-36-28-16-14-25(15-17-28)31(35)37-33(41)43-34(3,4)5/h7-9,11-12,14-17,21-22,36H,18-20H2,1-6H3,(H2,35,37,41). The number of carbonyl (C=O) groups is 3. The second kappa shape index (κ2) is 14.7. The Bertz CT molecular complexity index is 1530. The zero-order valence-corrected chi connectivity index (χ0v) is 25.5. The summed E-state index contributed by atoms with van der Waals surface area (Å²) in [6.45, 7) is 9.69. The maximum atomic E-state index is 13.4. The van der Waals surface area contributed by atoms with Crippen molar-refractivity contribution in [2.75, 3.05) is 30.4 Å². The minimum Gasteiger partial charge on any atom is -0.469 e. The Morgan fingerprint density at radius 2 is 1.60 bits per heavy atom. The lowest BCUT2D eigenvalue weighted by Crippen LogP contribution is -2.36. The van der Waals surface area contributed by atoms with E-state index in [9.17, 15) is 14.4 Å². The molecule has 0 aliphatic carbocycles. The van der Waals surface area contributed by atoms with Crippen LogP contribution in [0.1, 0.15) is 59.8 Å². The molecule has 0 atom stereocenters. The van der Waals surface area contributed by atoms with Crippen molar-refractivity contribution in [2.45, 2.75) is 46.6 Å². The molecule has 0 saturated carbocycles. The highest BCUT2D eigenvalue weighted by molar-refractivity contribution is 6.07. The van der Waals surface area contributed by atoms with Gasteiger partial charge < -0.3 is 19.7 Å². The van der Waals surface area contributed by atoms with E-state index in [0.717, 1.165) is 22.4 Å². The van der Waals surface area contributed by atoms with Crippen LogP contribution in [0.5, 0.6) is 0 Å². The molecule has 2 amide bonds. The fourth-order valence-electron chi connectivity index (χ4n) is 4.12. The summed E-state index contributed by atoms with van der Waals surface area (Å²) in [6.07, 6.45) is -0.603. The summed E-state index contributed by atoms with van der Waals surface area (Å²) in [4.78, 5) is 38.8. The molecule has 0 bridgehead atoms. The number of hydrogen-bond acceptors (Lipinski definition) is 7. The molecule has 224 valence electrons. The molecule has 3 aromatic carbocycles. The largest absolute Gasteiger partial charge is 0.469 e. The number of esters is 1. The average molecular weight is 583 g/mol. The first-order valence-corrected chi connectivity index (χ1v) is 13.8. The molecule has 0 aliphatic heterocycles. The van der Waals surface area contributed by atoms with Gasteiger partial charge in [-0.2, -0.15) is 0 Å². The molecule has 9 heteroatoms. The maximum Gasteiger partial charge on any atom is 0.413 e. The number of rotatable bonds is 8. The lowest BCUT2D eigenvalue weighted by atomic mass is 10.0. The monoisotopic (exact) mass is 582 g/mol. The Hall–Kier alpha value is -5.10. The fraction of sp³-hybridized carbons (Fsp3) is 0.294. The van der Waals surface area contributed by atoms with Gasteiger partial charge in [-0.3, -0.25) is 20.3 Å². The Balaban J connectivity index is 1.68. The summed E-state index contributed by atoms with van der Waals surface area (Å²) in [5.74, 6) is 5.69. The van der Waals surface area contributed by atoms with Gasteiger partial charge in [0, 0.05) is 34.6 Å². The number of amidine groups is 1. The van der Waals surface area contributed by atoms with Gasteiger partial charge in [-0.25, -0.2) is 4.79 Å². The summed E-state index contributed by atoms with van der Waals surface area (Å²) in [5, 5.41) is 13.8. The minimum atomic E-state index is -0.676. The number of anilines is 2. The first-order chi connectivity index (χ1) is 20.4. The fourth-order valence-corrected chi connectivity index (χ4v) is 4.12. The van der Waals surface area contributed by atoms with E-state index in [-0.39, 0.29) is 30.7 Å². The van der Waals surface area contributed by atoms with Crippen molar-refractivity contribution in [1.29, 1.82) is 5.41 Å². The van der Waals surface area contributed by atoms with E-state index in [4.69, 9.17) is 14.9 Å². The lowest BCUT2D eigenvalue weighted by molar-refractivity contribution is -0.140. The van der Waals surface area contributed by atoms with E-state index in [1.807, 2.05) is 32.0 Å². The molecule has 9 nitrogen and oxygen atoms in total. The van der Waals surface area contributed by atoms with E-state index >= 15 is 0 Å². The van der Waals surface area contributed by atoms with Crippen LogP contribution < -0.4 is 15.5 Å². The average Bonchev–Trinajstić information content (AvgIpc) is 2.96. The molecule has 0 heterocycles. The minimum absolute atomic E-state index is 0.0517. The van der Waals surface area contributed by atoms with Crippen molar-refractivity contribution in [2.24, 2.45) is 0 Å². The number of nitrogens with zero attached hydrogens (tertiary/aromatic N) is 1. The molecule has 3 N–H and O–H groups in total. The molecular formula is C34H38N4O5. The molecule has 3 rings (SSSR count). The summed E-state index contributed by atoms with van der Waals surface area (Å²) in [7, 11) is 1.33. The molecule has 0 aromatic heterocycles. The van der Waals surface area contributed by atoms with E-state index in [1.165, 1.54) is 7.11 Å². The van der Waals surface area contributed by atoms with Crippen LogP contribution in [0.25, 0.3) is 0 Å². The Morgan fingerprint density at radius 3 is 2.23 bits per heavy atom. The summed E-state index contributed by atoms with van der Waals surface area (Å²) in [5.41, 5.74) is 4.54. The van der Waals surface area contributed by atoms with Crippen LogP contribution in [0.15, 0.2) is 66.7 Å². The number of carbonyl (C=O) groups excluding carboxylic acids is 3. The highest BCUT2D eigenvalue weighted by atomic mass is 16.6. The van der Waals surface area contributed by atoms with Gasteiger partial charge in [0.05, 0.1) is 20.1 Å². The maximum absolute atomic E-state index is 13.4. The normalized spacial score (nSPS) is 10.6. The van der Waals surface area contributed by atoms with Crippen LogP contribution in [0.4, 0.5) is 16.2 Å². The molecule has 3 aromatic rings. The first-order valence-electron chi connectivity index (χ1n) is 13.8. The molecule has 0 unspecified atom stereocenters. The van der Waals surface area contributed by atoms with Crippen molar-refractivity contribution in [1.82, 2.24) is 5.32 Å². The smallest absolute Gasteiger partial charge is 0.413 e. The number of ether oxygens (including phenoxy) is 2. The van der Waals surface area contributed by atoms with Gasteiger partial charge in [0.15, 0.2) is 0 Å². The lowest BCUT2D eigenvalue weighted by Gasteiger charge is -2.25. The van der Waals surface area contributed by atoms with Crippen LogP contribution in [-0.4, -0.2) is 49.6 Å². The van der Waals surface area contributed by atoms with E-state index in [1.54, 1.807) is 74.2 Å². The van der Waals surface area contributed by atoms with Crippen molar-refractivity contribution in [3.05, 3.63) is 94.5 Å². The number of alkyl carbamates (subject to hydrolysis) is 1. The van der Waals surface area contributed by atoms with E-state index in [0.29, 0.717) is 23.4 Å². The number of aryl methyl sites for hydroxylation is 2. The Kier molecular flexibility index (Phi) is 11.1. The van der Waals surface area contributed by atoms with Crippen molar-refractivity contribution < 1.29 is 23.9 Å². The predicted octanol–water partition coefficient (Wildman–Crippen LogP) is 5.83. The van der Waals surface area contributed by atoms with Crippen molar-refractivity contribution in [3.8, 4) is 11.8 Å². The van der Waals surface area contributed by atoms with Gasteiger partial charge in [0.1, 0.15) is 11.4 Å². The summed E-state index contributed by atoms with van der Waals surface area (Å²) in [6, 6.07) is 19.9. The van der Waals surface area contributed by atoms with Crippen LogP contribution in [0.3, 0.4) is 0 Å². The summed E-state index contributed by atoms with van der Waals surface area (Å²) >= 11 is 0. The third-order valence-corrected chi connectivity index (χ3v) is 6.27. The van der Waals surface area contributed by atoms with Gasteiger partial charge in [-0.1, -0.05) is 30.0 Å². The molecule has 0 radical (unpaired) electrons. The molecular weight excluding hydrogens is 544 g/mol.